The SMILES string of the molecule is Cc1c(CNC2CC2)n(C(C)C)c2cc(-c3nc(N[C@@H]4CCOC[C@H]4O)ncc3Cl)cc(F)c2c1=O. The summed E-state index contributed by atoms with van der Waals surface area (Å²) in [6, 6.07) is 3.28. The van der Waals surface area contributed by atoms with E-state index in [1.165, 1.54) is 12.3 Å². The van der Waals surface area contributed by atoms with Crippen molar-refractivity contribution >= 4 is 28.5 Å². The number of fused-ring (bicyclic) bond motifs is 1. The highest BCUT2D eigenvalue weighted by Crippen LogP contribution is 2.32. The van der Waals surface area contributed by atoms with Gasteiger partial charge in [-0.25, -0.2) is 14.4 Å². The van der Waals surface area contributed by atoms with Crippen molar-refractivity contribution in [2.75, 3.05) is 18.5 Å². The number of ether oxygens (including phenoxy) is 1. The zero-order valence-electron chi connectivity index (χ0n) is 20.6. The molecular formula is C26H31ClFN5O3. The number of benzene rings is 1. The highest BCUT2D eigenvalue weighted by molar-refractivity contribution is 6.33. The maximum atomic E-state index is 15.6. The molecule has 2 fully saturated rings. The molecule has 192 valence electrons. The van der Waals surface area contributed by atoms with Crippen LogP contribution in [0.2, 0.25) is 5.02 Å². The summed E-state index contributed by atoms with van der Waals surface area (Å²) in [5.74, 6) is -0.337. The molecule has 0 unspecified atom stereocenters. The van der Waals surface area contributed by atoms with Crippen molar-refractivity contribution in [3.05, 3.63) is 50.7 Å². The van der Waals surface area contributed by atoms with E-state index in [4.69, 9.17) is 16.3 Å². The quantitative estimate of drug-likeness (QED) is 0.438. The van der Waals surface area contributed by atoms with Gasteiger partial charge in [0.25, 0.3) is 0 Å². The average Bonchev–Trinajstić information content (AvgIpc) is 3.67. The molecule has 1 aromatic carbocycles. The molecule has 10 heteroatoms. The van der Waals surface area contributed by atoms with E-state index in [9.17, 15) is 9.90 Å². The molecule has 0 spiro atoms. The van der Waals surface area contributed by atoms with Gasteiger partial charge in [-0.3, -0.25) is 4.79 Å². The number of hydrogen-bond donors (Lipinski definition) is 3. The molecule has 2 aliphatic rings. The van der Waals surface area contributed by atoms with Gasteiger partial charge < -0.3 is 25.0 Å². The lowest BCUT2D eigenvalue weighted by Gasteiger charge is -2.28. The first kappa shape index (κ1) is 25.1. The maximum absolute atomic E-state index is 15.6. The van der Waals surface area contributed by atoms with Crippen LogP contribution in [0.15, 0.2) is 23.1 Å². The Morgan fingerprint density at radius 3 is 2.78 bits per heavy atom. The number of aromatic nitrogens is 3. The zero-order chi connectivity index (χ0) is 25.6. The van der Waals surface area contributed by atoms with E-state index in [0.29, 0.717) is 48.0 Å². The molecule has 1 saturated heterocycles. The third-order valence-electron chi connectivity index (χ3n) is 6.93. The Morgan fingerprint density at radius 2 is 2.08 bits per heavy atom. The summed E-state index contributed by atoms with van der Waals surface area (Å²) in [4.78, 5) is 22.0. The van der Waals surface area contributed by atoms with Crippen LogP contribution in [0.1, 0.15) is 50.4 Å². The van der Waals surface area contributed by atoms with Gasteiger partial charge in [0.15, 0.2) is 5.43 Å². The Kier molecular flexibility index (Phi) is 7.00. The number of anilines is 1. The Labute approximate surface area is 213 Å². The van der Waals surface area contributed by atoms with Gasteiger partial charge in [-0.2, -0.15) is 0 Å². The molecule has 0 bridgehead atoms. The number of aliphatic hydroxyl groups excluding tert-OH is 1. The fraction of sp³-hybridized carbons (Fsp3) is 0.500. The molecule has 5 rings (SSSR count). The van der Waals surface area contributed by atoms with Gasteiger partial charge >= 0.3 is 0 Å². The van der Waals surface area contributed by atoms with Crippen LogP contribution in [0.3, 0.4) is 0 Å². The van der Waals surface area contributed by atoms with Crippen molar-refractivity contribution in [2.45, 2.75) is 70.8 Å². The minimum absolute atomic E-state index is 0.00874. The Morgan fingerprint density at radius 1 is 1.31 bits per heavy atom. The fourth-order valence-electron chi connectivity index (χ4n) is 4.82. The fourth-order valence-corrected chi connectivity index (χ4v) is 5.02. The summed E-state index contributed by atoms with van der Waals surface area (Å²) in [5, 5.41) is 17.2. The van der Waals surface area contributed by atoms with E-state index >= 15 is 4.39 Å². The number of nitrogens with one attached hydrogen (secondary N) is 2. The Balaban J connectivity index is 1.62. The maximum Gasteiger partial charge on any atom is 0.223 e. The minimum atomic E-state index is -0.689. The van der Waals surface area contributed by atoms with Gasteiger partial charge in [-0.05, 0) is 52.2 Å². The highest BCUT2D eigenvalue weighted by atomic mass is 35.5. The largest absolute Gasteiger partial charge is 0.389 e. The molecule has 3 heterocycles. The number of aliphatic hydroxyl groups is 1. The number of halogens is 2. The van der Waals surface area contributed by atoms with E-state index in [1.807, 2.05) is 18.4 Å². The van der Waals surface area contributed by atoms with Crippen molar-refractivity contribution in [2.24, 2.45) is 0 Å². The molecule has 0 amide bonds. The van der Waals surface area contributed by atoms with Crippen LogP contribution in [-0.2, 0) is 11.3 Å². The first-order valence-electron chi connectivity index (χ1n) is 12.4. The summed E-state index contributed by atoms with van der Waals surface area (Å²) >= 11 is 6.46. The van der Waals surface area contributed by atoms with E-state index in [1.54, 1.807) is 13.0 Å². The highest BCUT2D eigenvalue weighted by Gasteiger charge is 2.26. The number of rotatable bonds is 7. The molecule has 2 atom stereocenters. The molecule has 3 aromatic rings. The number of pyridine rings is 1. The topological polar surface area (TPSA) is 101 Å². The lowest BCUT2D eigenvalue weighted by atomic mass is 10.0. The normalized spacial score (nSPS) is 20.3. The van der Waals surface area contributed by atoms with Gasteiger partial charge in [0.2, 0.25) is 5.95 Å². The van der Waals surface area contributed by atoms with Crippen molar-refractivity contribution in [1.29, 1.82) is 0 Å². The first-order valence-corrected chi connectivity index (χ1v) is 12.8. The van der Waals surface area contributed by atoms with Gasteiger partial charge in [0.1, 0.15) is 5.82 Å². The summed E-state index contributed by atoms with van der Waals surface area (Å²) in [5.41, 5.74) is 2.41. The molecule has 0 radical (unpaired) electrons. The summed E-state index contributed by atoms with van der Waals surface area (Å²) in [6.45, 7) is 7.11. The summed E-state index contributed by atoms with van der Waals surface area (Å²) in [7, 11) is 0. The smallest absolute Gasteiger partial charge is 0.223 e. The van der Waals surface area contributed by atoms with Gasteiger partial charge in [-0.1, -0.05) is 11.6 Å². The van der Waals surface area contributed by atoms with Crippen LogP contribution < -0.4 is 16.1 Å². The molecule has 2 aromatic heterocycles. The van der Waals surface area contributed by atoms with Crippen LogP contribution >= 0.6 is 11.6 Å². The molecule has 3 N–H and O–H groups in total. The van der Waals surface area contributed by atoms with Crippen LogP contribution in [0.5, 0.6) is 0 Å². The van der Waals surface area contributed by atoms with E-state index in [0.717, 1.165) is 18.5 Å². The predicted octanol–water partition coefficient (Wildman–Crippen LogP) is 3.95. The van der Waals surface area contributed by atoms with Crippen molar-refractivity contribution in [3.8, 4) is 11.3 Å². The summed E-state index contributed by atoms with van der Waals surface area (Å²) < 4.78 is 22.9. The van der Waals surface area contributed by atoms with Gasteiger partial charge in [0.05, 0.1) is 46.6 Å². The van der Waals surface area contributed by atoms with Crippen molar-refractivity contribution < 1.29 is 14.2 Å². The predicted molar refractivity (Wildman–Crippen MR) is 138 cm³/mol. The van der Waals surface area contributed by atoms with Gasteiger partial charge in [-0.15, -0.1) is 0 Å². The third kappa shape index (κ3) is 4.85. The average molecular weight is 516 g/mol. The van der Waals surface area contributed by atoms with Crippen LogP contribution in [0.4, 0.5) is 10.3 Å². The number of nitrogens with zero attached hydrogens (tertiary/aromatic N) is 3. The standard InChI is InChI=1S/C26H31ClFN5O3/c1-13(2)33-20-9-15(8-18(28)23(20)25(35)14(3)21(33)11-29-16-4-5-16)24-17(27)10-30-26(32-24)31-19-6-7-36-12-22(19)34/h8-10,13,16,19,22,29,34H,4-7,11-12H2,1-3H3,(H,30,31,32)/t19-,22-/m1/s1. The second-order valence-corrected chi connectivity index (χ2v) is 10.4. The third-order valence-corrected chi connectivity index (χ3v) is 7.21. The Bertz CT molecular complexity index is 1360. The van der Waals surface area contributed by atoms with Crippen LogP contribution in [0.25, 0.3) is 22.2 Å². The number of hydrogen-bond acceptors (Lipinski definition) is 7. The molecular weight excluding hydrogens is 485 g/mol. The summed E-state index contributed by atoms with van der Waals surface area (Å²) in [6.07, 6.45) is 3.63. The molecule has 1 aliphatic heterocycles. The molecule has 1 aliphatic carbocycles. The lowest BCUT2D eigenvalue weighted by Crippen LogP contribution is -2.42. The van der Waals surface area contributed by atoms with Gasteiger partial charge in [0, 0.05) is 42.1 Å². The van der Waals surface area contributed by atoms with E-state index in [-0.39, 0.29) is 40.5 Å². The molecule has 1 saturated carbocycles. The molecule has 36 heavy (non-hydrogen) atoms. The van der Waals surface area contributed by atoms with E-state index < -0.39 is 11.9 Å². The van der Waals surface area contributed by atoms with Crippen LogP contribution in [-0.4, -0.2) is 51.0 Å². The zero-order valence-corrected chi connectivity index (χ0v) is 21.4. The monoisotopic (exact) mass is 515 g/mol. The van der Waals surface area contributed by atoms with Crippen LogP contribution in [0, 0.1) is 12.7 Å². The minimum Gasteiger partial charge on any atom is -0.389 e. The van der Waals surface area contributed by atoms with Crippen molar-refractivity contribution in [1.82, 2.24) is 19.9 Å². The first-order chi connectivity index (χ1) is 17.2. The van der Waals surface area contributed by atoms with Crippen molar-refractivity contribution in [3.63, 3.8) is 0 Å². The second-order valence-electron chi connectivity index (χ2n) is 9.94. The van der Waals surface area contributed by atoms with E-state index in [2.05, 4.69) is 20.6 Å². The Hall–Kier alpha value is -2.59. The second kappa shape index (κ2) is 10.0. The lowest BCUT2D eigenvalue weighted by molar-refractivity contribution is -0.0136. The molecule has 8 nitrogen and oxygen atoms in total.